The van der Waals surface area contributed by atoms with Crippen molar-refractivity contribution < 1.29 is 17.5 Å². The van der Waals surface area contributed by atoms with Crippen LogP contribution in [-0.4, -0.2) is 26.9 Å². The van der Waals surface area contributed by atoms with Crippen molar-refractivity contribution in [2.75, 3.05) is 12.4 Å². The third kappa shape index (κ3) is 6.47. The summed E-state index contributed by atoms with van der Waals surface area (Å²) < 4.78 is 45.0. The summed E-state index contributed by atoms with van der Waals surface area (Å²) in [5.74, 6) is -0.579. The van der Waals surface area contributed by atoms with Crippen LogP contribution in [0.15, 0.2) is 22.7 Å². The van der Waals surface area contributed by atoms with Crippen LogP contribution in [0, 0.1) is 5.82 Å². The fourth-order valence-electron chi connectivity index (χ4n) is 1.33. The first-order valence-corrected chi connectivity index (χ1v) is 8.27. The minimum Gasteiger partial charge on any atom is -0.378 e. The van der Waals surface area contributed by atoms with Crippen molar-refractivity contribution in [2.45, 2.75) is 26.5 Å². The highest BCUT2D eigenvalue weighted by Crippen LogP contribution is 2.15. The summed E-state index contributed by atoms with van der Waals surface area (Å²) in [6, 6.07) is 4.39. The summed E-state index contributed by atoms with van der Waals surface area (Å²) in [6.07, 6.45) is -0.0160. The Bertz CT molecular complexity index is 520. The van der Waals surface area contributed by atoms with Crippen LogP contribution < -0.4 is 4.72 Å². The molecule has 0 bridgehead atoms. The van der Waals surface area contributed by atoms with Crippen LogP contribution in [-0.2, 0) is 21.3 Å². The molecule has 1 N–H and O–H groups in total. The van der Waals surface area contributed by atoms with Gasteiger partial charge >= 0.3 is 0 Å². The standard InChI is InChI=1S/C12H17BrFNO3S/c1-9(2)18-5-6-19(16,17)15-8-10-7-11(13)3-4-12(10)14/h3-4,7,9,15H,5-6,8H2,1-2H3. The van der Waals surface area contributed by atoms with Crippen LogP contribution in [0.4, 0.5) is 4.39 Å². The molecule has 0 aliphatic heterocycles. The fourth-order valence-corrected chi connectivity index (χ4v) is 2.58. The van der Waals surface area contributed by atoms with Crippen LogP contribution >= 0.6 is 15.9 Å². The molecule has 0 aliphatic carbocycles. The van der Waals surface area contributed by atoms with Gasteiger partial charge in [-0.05, 0) is 32.0 Å². The van der Waals surface area contributed by atoms with Crippen molar-refractivity contribution >= 4 is 26.0 Å². The summed E-state index contributed by atoms with van der Waals surface area (Å²) in [5.41, 5.74) is 0.294. The number of nitrogens with one attached hydrogen (secondary N) is 1. The van der Waals surface area contributed by atoms with Gasteiger partial charge < -0.3 is 4.74 Å². The first-order chi connectivity index (χ1) is 8.80. The van der Waals surface area contributed by atoms with E-state index in [0.717, 1.165) is 0 Å². The molecule has 0 fully saturated rings. The number of halogens is 2. The first kappa shape index (κ1) is 16.6. The zero-order chi connectivity index (χ0) is 14.5. The maximum absolute atomic E-state index is 13.4. The minimum absolute atomic E-state index is 0.0160. The number of rotatable bonds is 7. The SMILES string of the molecule is CC(C)OCCS(=O)(=O)NCc1cc(Br)ccc1F. The predicted octanol–water partition coefficient (Wildman–Crippen LogP) is 2.43. The van der Waals surface area contributed by atoms with Gasteiger partial charge in [0.05, 0.1) is 18.5 Å². The summed E-state index contributed by atoms with van der Waals surface area (Å²) in [6.45, 7) is 3.71. The molecular weight excluding hydrogens is 337 g/mol. The molecular formula is C12H17BrFNO3S. The summed E-state index contributed by atoms with van der Waals surface area (Å²) >= 11 is 3.21. The maximum atomic E-state index is 13.4. The molecule has 0 saturated heterocycles. The Balaban J connectivity index is 2.53. The van der Waals surface area contributed by atoms with Crippen LogP contribution in [0.2, 0.25) is 0 Å². The predicted molar refractivity (Wildman–Crippen MR) is 75.8 cm³/mol. The normalized spacial score (nSPS) is 12.1. The van der Waals surface area contributed by atoms with Gasteiger partial charge in [0.2, 0.25) is 10.0 Å². The Kier molecular flexibility index (Phi) is 6.38. The Morgan fingerprint density at radius 3 is 2.74 bits per heavy atom. The second kappa shape index (κ2) is 7.33. The van der Waals surface area contributed by atoms with Gasteiger partial charge in [0.15, 0.2) is 0 Å². The summed E-state index contributed by atoms with van der Waals surface area (Å²) in [5, 5.41) is 0. The lowest BCUT2D eigenvalue weighted by molar-refractivity contribution is 0.0911. The highest BCUT2D eigenvalue weighted by atomic mass is 79.9. The molecule has 0 atom stereocenters. The monoisotopic (exact) mass is 353 g/mol. The van der Waals surface area contributed by atoms with Crippen molar-refractivity contribution in [1.29, 1.82) is 0 Å². The van der Waals surface area contributed by atoms with E-state index in [-0.39, 0.29) is 25.0 Å². The molecule has 0 spiro atoms. The molecule has 4 nitrogen and oxygen atoms in total. The Hall–Kier alpha value is -0.500. The largest absolute Gasteiger partial charge is 0.378 e. The lowest BCUT2D eigenvalue weighted by Crippen LogP contribution is -2.29. The number of benzene rings is 1. The highest BCUT2D eigenvalue weighted by Gasteiger charge is 2.12. The number of hydrogen-bond donors (Lipinski definition) is 1. The second-order valence-corrected chi connectivity index (χ2v) is 7.14. The molecule has 19 heavy (non-hydrogen) atoms. The summed E-state index contributed by atoms with van der Waals surface area (Å²) in [4.78, 5) is 0. The average Bonchev–Trinajstić information content (AvgIpc) is 2.30. The first-order valence-electron chi connectivity index (χ1n) is 5.83. The van der Waals surface area contributed by atoms with Gasteiger partial charge in [-0.25, -0.2) is 17.5 Å². The van der Waals surface area contributed by atoms with Crippen molar-refractivity contribution in [3.05, 3.63) is 34.1 Å². The molecule has 108 valence electrons. The molecule has 0 radical (unpaired) electrons. The smallest absolute Gasteiger partial charge is 0.214 e. The quantitative estimate of drug-likeness (QED) is 0.818. The van der Waals surface area contributed by atoms with Crippen LogP contribution in [0.1, 0.15) is 19.4 Å². The van der Waals surface area contributed by atoms with Crippen molar-refractivity contribution in [3.63, 3.8) is 0 Å². The van der Waals surface area contributed by atoms with E-state index in [9.17, 15) is 12.8 Å². The van der Waals surface area contributed by atoms with Crippen molar-refractivity contribution in [2.24, 2.45) is 0 Å². The van der Waals surface area contributed by atoms with Crippen LogP contribution in [0.25, 0.3) is 0 Å². The molecule has 1 aromatic carbocycles. The van der Waals surface area contributed by atoms with E-state index in [1.807, 2.05) is 13.8 Å². The van der Waals surface area contributed by atoms with Crippen LogP contribution in [0.5, 0.6) is 0 Å². The van der Waals surface area contributed by atoms with Gasteiger partial charge in [0.25, 0.3) is 0 Å². The maximum Gasteiger partial charge on any atom is 0.214 e. The fraction of sp³-hybridized carbons (Fsp3) is 0.500. The number of sulfonamides is 1. The Morgan fingerprint density at radius 2 is 2.11 bits per heavy atom. The molecule has 0 aliphatic rings. The third-order valence-electron chi connectivity index (χ3n) is 2.29. The lowest BCUT2D eigenvalue weighted by atomic mass is 10.2. The zero-order valence-electron chi connectivity index (χ0n) is 10.8. The van der Waals surface area contributed by atoms with Crippen molar-refractivity contribution in [1.82, 2.24) is 4.72 Å². The van der Waals surface area contributed by atoms with Gasteiger partial charge in [-0.1, -0.05) is 15.9 Å². The molecule has 0 unspecified atom stereocenters. The van der Waals surface area contributed by atoms with Gasteiger partial charge in [0.1, 0.15) is 5.82 Å². The number of hydrogen-bond acceptors (Lipinski definition) is 3. The average molecular weight is 354 g/mol. The molecule has 0 aromatic heterocycles. The van der Waals surface area contributed by atoms with E-state index in [2.05, 4.69) is 20.7 Å². The molecule has 0 amide bonds. The minimum atomic E-state index is -3.46. The number of ether oxygens (including phenoxy) is 1. The van der Waals surface area contributed by atoms with Gasteiger partial charge in [-0.2, -0.15) is 0 Å². The van der Waals surface area contributed by atoms with E-state index >= 15 is 0 Å². The second-order valence-electron chi connectivity index (χ2n) is 4.30. The molecule has 0 heterocycles. The van der Waals surface area contributed by atoms with E-state index in [1.165, 1.54) is 6.07 Å². The molecule has 1 rings (SSSR count). The van der Waals surface area contributed by atoms with Gasteiger partial charge in [-0.3, -0.25) is 0 Å². The van der Waals surface area contributed by atoms with Gasteiger partial charge in [-0.15, -0.1) is 0 Å². The molecule has 0 saturated carbocycles. The lowest BCUT2D eigenvalue weighted by Gasteiger charge is -2.10. The van der Waals surface area contributed by atoms with E-state index < -0.39 is 15.8 Å². The summed E-state index contributed by atoms with van der Waals surface area (Å²) in [7, 11) is -3.46. The van der Waals surface area contributed by atoms with Gasteiger partial charge in [0, 0.05) is 16.6 Å². The topological polar surface area (TPSA) is 55.4 Å². The molecule has 7 heteroatoms. The van der Waals surface area contributed by atoms with E-state index in [0.29, 0.717) is 10.0 Å². The zero-order valence-corrected chi connectivity index (χ0v) is 13.2. The van der Waals surface area contributed by atoms with Crippen LogP contribution in [0.3, 0.4) is 0 Å². The third-order valence-corrected chi connectivity index (χ3v) is 4.08. The molecule has 1 aromatic rings. The van der Waals surface area contributed by atoms with E-state index in [4.69, 9.17) is 4.74 Å². The highest BCUT2D eigenvalue weighted by molar-refractivity contribution is 9.10. The van der Waals surface area contributed by atoms with E-state index in [1.54, 1.807) is 12.1 Å². The Labute approximate surface area is 121 Å². The Morgan fingerprint density at radius 1 is 1.42 bits per heavy atom. The van der Waals surface area contributed by atoms with Crippen molar-refractivity contribution in [3.8, 4) is 0 Å².